The van der Waals surface area contributed by atoms with E-state index in [1.807, 2.05) is 18.2 Å². The van der Waals surface area contributed by atoms with E-state index in [1.165, 1.54) is 39.1 Å². The third kappa shape index (κ3) is 4.36. The van der Waals surface area contributed by atoms with Gasteiger partial charge in [0.25, 0.3) is 0 Å². The number of hydrogen-bond acceptors (Lipinski definition) is 4. The highest BCUT2D eigenvalue weighted by Crippen LogP contribution is 2.42. The van der Waals surface area contributed by atoms with E-state index in [4.69, 9.17) is 5.73 Å². The average molecular weight is 440 g/mol. The molecule has 0 radical (unpaired) electrons. The largest absolute Gasteiger partial charge is 0.508 e. The summed E-state index contributed by atoms with van der Waals surface area (Å²) in [4.78, 5) is 5.04. The fourth-order valence-corrected chi connectivity index (χ4v) is 5.22. The SMILES string of the molecule is CC(C)N1CCN(c2ccc(C3=C(c4ccc(N)cc4)CCc4cc(O)ccc43)cc2)CC1. The predicted molar refractivity (Wildman–Crippen MR) is 139 cm³/mol. The van der Waals surface area contributed by atoms with Gasteiger partial charge in [-0.1, -0.05) is 30.3 Å². The summed E-state index contributed by atoms with van der Waals surface area (Å²) in [6.45, 7) is 8.92. The van der Waals surface area contributed by atoms with E-state index in [-0.39, 0.29) is 0 Å². The summed E-state index contributed by atoms with van der Waals surface area (Å²) in [5, 5.41) is 10.1. The van der Waals surface area contributed by atoms with Gasteiger partial charge in [-0.25, -0.2) is 0 Å². The fraction of sp³-hybridized carbons (Fsp3) is 0.310. The molecule has 3 aromatic rings. The molecule has 4 nitrogen and oxygen atoms in total. The van der Waals surface area contributed by atoms with Crippen LogP contribution in [0.3, 0.4) is 0 Å². The number of piperazine rings is 1. The number of nitrogens with two attached hydrogens (primary N) is 1. The smallest absolute Gasteiger partial charge is 0.115 e. The first kappa shape index (κ1) is 21.6. The molecule has 1 saturated heterocycles. The van der Waals surface area contributed by atoms with Gasteiger partial charge in [0, 0.05) is 43.6 Å². The lowest BCUT2D eigenvalue weighted by atomic mass is 9.79. The molecule has 170 valence electrons. The monoisotopic (exact) mass is 439 g/mol. The van der Waals surface area contributed by atoms with Crippen molar-refractivity contribution in [2.45, 2.75) is 32.7 Å². The van der Waals surface area contributed by atoms with E-state index < -0.39 is 0 Å². The van der Waals surface area contributed by atoms with Crippen LogP contribution in [-0.4, -0.2) is 42.2 Å². The quantitative estimate of drug-likeness (QED) is 0.534. The van der Waals surface area contributed by atoms with E-state index in [0.717, 1.165) is 44.7 Å². The normalized spacial score (nSPS) is 16.9. The van der Waals surface area contributed by atoms with Crippen LogP contribution in [-0.2, 0) is 6.42 Å². The lowest BCUT2D eigenvalue weighted by molar-refractivity contribution is 0.209. The van der Waals surface area contributed by atoms with Gasteiger partial charge in [-0.05, 0) is 96.5 Å². The van der Waals surface area contributed by atoms with Crippen LogP contribution in [0.5, 0.6) is 5.75 Å². The second-order valence-electron chi connectivity index (χ2n) is 9.48. The van der Waals surface area contributed by atoms with Crippen LogP contribution < -0.4 is 10.6 Å². The number of rotatable bonds is 4. The highest BCUT2D eigenvalue weighted by Gasteiger charge is 2.23. The van der Waals surface area contributed by atoms with Crippen molar-refractivity contribution in [3.8, 4) is 5.75 Å². The summed E-state index contributed by atoms with van der Waals surface area (Å²) >= 11 is 0. The zero-order chi connectivity index (χ0) is 22.9. The molecular weight excluding hydrogens is 406 g/mol. The van der Waals surface area contributed by atoms with Gasteiger partial charge in [-0.2, -0.15) is 0 Å². The highest BCUT2D eigenvalue weighted by molar-refractivity contribution is 6.01. The predicted octanol–water partition coefficient (Wildman–Crippen LogP) is 5.41. The van der Waals surface area contributed by atoms with Gasteiger partial charge in [-0.3, -0.25) is 4.90 Å². The molecule has 1 heterocycles. The van der Waals surface area contributed by atoms with Crippen LogP contribution in [0.4, 0.5) is 11.4 Å². The van der Waals surface area contributed by atoms with Crippen molar-refractivity contribution in [1.29, 1.82) is 0 Å². The maximum Gasteiger partial charge on any atom is 0.115 e. The van der Waals surface area contributed by atoms with Crippen molar-refractivity contribution in [2.75, 3.05) is 36.8 Å². The molecule has 0 spiro atoms. The molecule has 33 heavy (non-hydrogen) atoms. The average Bonchev–Trinajstić information content (AvgIpc) is 2.84. The summed E-state index contributed by atoms with van der Waals surface area (Å²) in [6, 6.07) is 23.7. The number of fused-ring (bicyclic) bond motifs is 1. The Morgan fingerprint density at radius 1 is 0.788 bits per heavy atom. The molecule has 1 aliphatic carbocycles. The number of aromatic hydroxyl groups is 1. The van der Waals surface area contributed by atoms with Crippen molar-refractivity contribution in [2.24, 2.45) is 0 Å². The number of benzene rings is 3. The second kappa shape index (κ2) is 8.95. The second-order valence-corrected chi connectivity index (χ2v) is 9.48. The summed E-state index contributed by atoms with van der Waals surface area (Å²) in [5.74, 6) is 0.333. The molecular formula is C29H33N3O. The van der Waals surface area contributed by atoms with Crippen molar-refractivity contribution in [3.63, 3.8) is 0 Å². The van der Waals surface area contributed by atoms with E-state index >= 15 is 0 Å². The van der Waals surface area contributed by atoms with Gasteiger partial charge < -0.3 is 15.7 Å². The zero-order valence-corrected chi connectivity index (χ0v) is 19.6. The van der Waals surface area contributed by atoms with Crippen LogP contribution >= 0.6 is 0 Å². The van der Waals surface area contributed by atoms with Crippen LogP contribution in [0, 0.1) is 0 Å². The topological polar surface area (TPSA) is 52.7 Å². The fourth-order valence-electron chi connectivity index (χ4n) is 5.22. The van der Waals surface area contributed by atoms with E-state index in [2.05, 4.69) is 66.1 Å². The first-order chi connectivity index (χ1) is 16.0. The minimum Gasteiger partial charge on any atom is -0.508 e. The number of anilines is 2. The molecule has 0 unspecified atom stereocenters. The standard InChI is InChI=1S/C29H33N3O/c1-20(2)31-15-17-32(18-16-31)25-10-5-22(6-11-25)29-27(21-3-8-24(30)9-4-21)13-7-23-19-26(33)12-14-28(23)29/h3-6,8-12,14,19-20,33H,7,13,15-18,30H2,1-2H3. The van der Waals surface area contributed by atoms with Gasteiger partial charge in [0.15, 0.2) is 0 Å². The molecule has 0 saturated carbocycles. The molecule has 1 fully saturated rings. The van der Waals surface area contributed by atoms with Gasteiger partial charge >= 0.3 is 0 Å². The number of nitrogens with zero attached hydrogens (tertiary/aromatic N) is 2. The van der Waals surface area contributed by atoms with Gasteiger partial charge in [0.1, 0.15) is 5.75 Å². The summed E-state index contributed by atoms with van der Waals surface area (Å²) in [5.41, 5.74) is 15.5. The first-order valence-electron chi connectivity index (χ1n) is 12.0. The Kier molecular flexibility index (Phi) is 5.86. The molecule has 0 bridgehead atoms. The van der Waals surface area contributed by atoms with E-state index in [1.54, 1.807) is 6.07 Å². The molecule has 4 heteroatoms. The third-order valence-corrected chi connectivity index (χ3v) is 7.13. The number of hydrogen-bond donors (Lipinski definition) is 2. The molecule has 1 aliphatic heterocycles. The van der Waals surface area contributed by atoms with Crippen LogP contribution in [0.15, 0.2) is 66.7 Å². The van der Waals surface area contributed by atoms with Crippen molar-refractivity contribution >= 4 is 22.5 Å². The van der Waals surface area contributed by atoms with Crippen molar-refractivity contribution in [3.05, 3.63) is 89.0 Å². The maximum absolute atomic E-state index is 10.1. The lowest BCUT2D eigenvalue weighted by Gasteiger charge is -2.38. The minimum atomic E-state index is 0.333. The Morgan fingerprint density at radius 2 is 1.45 bits per heavy atom. The van der Waals surface area contributed by atoms with E-state index in [0.29, 0.717) is 11.8 Å². The number of allylic oxidation sites excluding steroid dienone is 1. The Hall–Kier alpha value is -3.24. The minimum absolute atomic E-state index is 0.333. The Labute approximate surface area is 197 Å². The van der Waals surface area contributed by atoms with Gasteiger partial charge in [0.2, 0.25) is 0 Å². The summed E-state index contributed by atoms with van der Waals surface area (Å²) < 4.78 is 0. The molecule has 3 aromatic carbocycles. The van der Waals surface area contributed by atoms with Crippen LogP contribution in [0.1, 0.15) is 42.5 Å². The number of aryl methyl sites for hydroxylation is 1. The number of nitrogen functional groups attached to an aromatic ring is 1. The van der Waals surface area contributed by atoms with Gasteiger partial charge in [0.05, 0.1) is 0 Å². The molecule has 2 aliphatic rings. The molecule has 5 rings (SSSR count). The number of phenolic OH excluding ortho intramolecular Hbond substituents is 1. The van der Waals surface area contributed by atoms with Gasteiger partial charge in [-0.15, -0.1) is 0 Å². The molecule has 0 atom stereocenters. The Balaban J connectivity index is 1.51. The van der Waals surface area contributed by atoms with Crippen molar-refractivity contribution < 1.29 is 5.11 Å². The zero-order valence-electron chi connectivity index (χ0n) is 19.6. The van der Waals surface area contributed by atoms with E-state index in [9.17, 15) is 5.11 Å². The summed E-state index contributed by atoms with van der Waals surface area (Å²) in [6.07, 6.45) is 1.86. The number of phenols is 1. The molecule has 0 amide bonds. The Bertz CT molecular complexity index is 1150. The van der Waals surface area contributed by atoms with Crippen LogP contribution in [0.25, 0.3) is 11.1 Å². The molecule has 3 N–H and O–H groups in total. The van der Waals surface area contributed by atoms with Crippen molar-refractivity contribution in [1.82, 2.24) is 4.90 Å². The highest BCUT2D eigenvalue weighted by atomic mass is 16.3. The Morgan fingerprint density at radius 3 is 2.12 bits per heavy atom. The third-order valence-electron chi connectivity index (χ3n) is 7.13. The summed E-state index contributed by atoms with van der Waals surface area (Å²) in [7, 11) is 0. The van der Waals surface area contributed by atoms with Crippen LogP contribution in [0.2, 0.25) is 0 Å². The first-order valence-corrected chi connectivity index (χ1v) is 12.0. The molecule has 0 aromatic heterocycles. The lowest BCUT2D eigenvalue weighted by Crippen LogP contribution is -2.48. The maximum atomic E-state index is 10.1.